The summed E-state index contributed by atoms with van der Waals surface area (Å²) in [7, 11) is 1.59. The number of anilines is 1. The Hall–Kier alpha value is -1.97. The van der Waals surface area contributed by atoms with Gasteiger partial charge in [-0.05, 0) is 12.1 Å². The minimum Gasteiger partial charge on any atom is -0.496 e. The van der Waals surface area contributed by atoms with Crippen LogP contribution in [-0.4, -0.2) is 17.6 Å². The van der Waals surface area contributed by atoms with Crippen molar-refractivity contribution in [3.8, 4) is 5.75 Å². The predicted octanol–water partition coefficient (Wildman–Crippen LogP) is 1.89. The highest BCUT2D eigenvalue weighted by Gasteiger charge is 2.09. The highest BCUT2D eigenvalue weighted by atomic mass is 16.5. The van der Waals surface area contributed by atoms with Crippen molar-refractivity contribution < 1.29 is 9.53 Å². The zero-order valence-corrected chi connectivity index (χ0v) is 8.65. The van der Waals surface area contributed by atoms with Crippen molar-refractivity contribution in [3.05, 3.63) is 24.5 Å². The minimum atomic E-state index is -0.0485. The first-order chi connectivity index (χ1) is 7.13. The van der Waals surface area contributed by atoms with Gasteiger partial charge in [0.2, 0.25) is 5.91 Å². The van der Waals surface area contributed by atoms with Crippen molar-refractivity contribution in [2.45, 2.75) is 6.92 Å². The number of carbonyl (C=O) groups is 1. The van der Waals surface area contributed by atoms with E-state index in [1.54, 1.807) is 31.6 Å². The second-order valence-corrected chi connectivity index (χ2v) is 3.37. The number of hydrogen-bond donors (Lipinski definition) is 1. The Labute approximate surface area is 87.2 Å². The van der Waals surface area contributed by atoms with Crippen molar-refractivity contribution in [2.75, 3.05) is 12.8 Å². The molecule has 2 N–H and O–H groups in total. The van der Waals surface area contributed by atoms with Crippen LogP contribution >= 0.6 is 0 Å². The topological polar surface area (TPSA) is 57.2 Å². The van der Waals surface area contributed by atoms with Gasteiger partial charge in [0.25, 0.3) is 0 Å². The van der Waals surface area contributed by atoms with Crippen molar-refractivity contribution in [3.63, 3.8) is 0 Å². The van der Waals surface area contributed by atoms with Crippen molar-refractivity contribution >= 4 is 22.4 Å². The summed E-state index contributed by atoms with van der Waals surface area (Å²) < 4.78 is 6.70. The van der Waals surface area contributed by atoms with E-state index in [0.717, 1.165) is 16.5 Å². The SMILES string of the molecule is COc1ccc(N)c2cn(C(C)=O)cc12. The summed E-state index contributed by atoms with van der Waals surface area (Å²) in [6, 6.07) is 3.56. The zero-order valence-electron chi connectivity index (χ0n) is 8.65. The number of hydrogen-bond acceptors (Lipinski definition) is 3. The van der Waals surface area contributed by atoms with Gasteiger partial charge in [-0.2, -0.15) is 0 Å². The van der Waals surface area contributed by atoms with Crippen LogP contribution in [0.15, 0.2) is 24.5 Å². The first-order valence-corrected chi connectivity index (χ1v) is 4.58. The molecule has 0 radical (unpaired) electrons. The summed E-state index contributed by atoms with van der Waals surface area (Å²) in [5.41, 5.74) is 6.46. The molecule has 0 bridgehead atoms. The van der Waals surface area contributed by atoms with Gasteiger partial charge in [0.1, 0.15) is 5.75 Å². The maximum absolute atomic E-state index is 11.2. The number of fused-ring (bicyclic) bond motifs is 1. The molecule has 1 heterocycles. The molecule has 4 heteroatoms. The normalized spacial score (nSPS) is 10.5. The highest BCUT2D eigenvalue weighted by Crippen LogP contribution is 2.30. The first-order valence-electron chi connectivity index (χ1n) is 4.58. The van der Waals surface area contributed by atoms with Gasteiger partial charge in [-0.3, -0.25) is 9.36 Å². The molecule has 0 saturated heterocycles. The van der Waals surface area contributed by atoms with Gasteiger partial charge in [0.15, 0.2) is 0 Å². The maximum Gasteiger partial charge on any atom is 0.227 e. The standard InChI is InChI=1S/C11H12N2O2/c1-7(14)13-5-8-9(6-13)11(15-2)4-3-10(8)12/h3-6H,12H2,1-2H3. The van der Waals surface area contributed by atoms with Crippen LogP contribution in [0, 0.1) is 0 Å². The largest absolute Gasteiger partial charge is 0.496 e. The molecule has 0 fully saturated rings. The molecule has 4 nitrogen and oxygen atoms in total. The van der Waals surface area contributed by atoms with Gasteiger partial charge in [-0.25, -0.2) is 0 Å². The second kappa shape index (κ2) is 3.31. The summed E-state index contributed by atoms with van der Waals surface area (Å²) in [6.07, 6.45) is 3.45. The summed E-state index contributed by atoms with van der Waals surface area (Å²) in [5, 5.41) is 1.69. The van der Waals surface area contributed by atoms with E-state index in [9.17, 15) is 4.79 Å². The smallest absolute Gasteiger partial charge is 0.227 e. The molecule has 0 aliphatic rings. The molecule has 0 saturated carbocycles. The minimum absolute atomic E-state index is 0.0485. The van der Waals surface area contributed by atoms with Gasteiger partial charge in [0.05, 0.1) is 7.11 Å². The van der Waals surface area contributed by atoms with E-state index >= 15 is 0 Å². The summed E-state index contributed by atoms with van der Waals surface area (Å²) in [6.45, 7) is 1.50. The number of methoxy groups -OCH3 is 1. The van der Waals surface area contributed by atoms with Gasteiger partial charge < -0.3 is 10.5 Å². The fraction of sp³-hybridized carbons (Fsp3) is 0.182. The molecule has 2 rings (SSSR count). The Balaban J connectivity index is 2.77. The summed E-state index contributed by atoms with van der Waals surface area (Å²) in [5.74, 6) is 0.673. The number of nitrogen functional groups attached to an aromatic ring is 1. The Morgan fingerprint density at radius 3 is 2.60 bits per heavy atom. The van der Waals surface area contributed by atoms with Crippen LogP contribution in [-0.2, 0) is 0 Å². The molecule has 1 aromatic heterocycles. The number of ether oxygens (including phenoxy) is 1. The molecule has 0 atom stereocenters. The summed E-state index contributed by atoms with van der Waals surface area (Å²) in [4.78, 5) is 11.2. The molecule has 0 spiro atoms. The Morgan fingerprint density at radius 2 is 2.00 bits per heavy atom. The zero-order chi connectivity index (χ0) is 11.0. The van der Waals surface area contributed by atoms with Crippen LogP contribution in [0.4, 0.5) is 5.69 Å². The average molecular weight is 204 g/mol. The molecule has 0 aliphatic carbocycles. The molecule has 0 aliphatic heterocycles. The number of aromatic nitrogens is 1. The molecule has 1 aromatic carbocycles. The summed E-state index contributed by atoms with van der Waals surface area (Å²) >= 11 is 0. The molecule has 0 amide bonds. The molecule has 15 heavy (non-hydrogen) atoms. The second-order valence-electron chi connectivity index (χ2n) is 3.37. The lowest BCUT2D eigenvalue weighted by atomic mass is 10.2. The molecular weight excluding hydrogens is 192 g/mol. The number of nitrogens with two attached hydrogens (primary N) is 1. The van der Waals surface area contributed by atoms with Gasteiger partial charge in [-0.15, -0.1) is 0 Å². The number of rotatable bonds is 1. The Morgan fingerprint density at radius 1 is 1.33 bits per heavy atom. The van der Waals surface area contributed by atoms with Gasteiger partial charge >= 0.3 is 0 Å². The number of nitrogens with zero attached hydrogens (tertiary/aromatic N) is 1. The first kappa shape index (κ1) is 9.58. The van der Waals surface area contributed by atoms with E-state index < -0.39 is 0 Å². The fourth-order valence-electron chi connectivity index (χ4n) is 1.59. The third-order valence-corrected chi connectivity index (χ3v) is 2.40. The van der Waals surface area contributed by atoms with Gasteiger partial charge in [-0.1, -0.05) is 0 Å². The maximum atomic E-state index is 11.2. The molecule has 78 valence electrons. The van der Waals surface area contributed by atoms with Crippen molar-refractivity contribution in [2.24, 2.45) is 0 Å². The lowest BCUT2D eigenvalue weighted by Gasteiger charge is -2.02. The van der Waals surface area contributed by atoms with Crippen LogP contribution in [0.3, 0.4) is 0 Å². The monoisotopic (exact) mass is 204 g/mol. The Bertz CT molecular complexity index is 529. The lowest BCUT2D eigenvalue weighted by Crippen LogP contribution is -2.00. The van der Waals surface area contributed by atoms with Crippen molar-refractivity contribution in [1.82, 2.24) is 4.57 Å². The van der Waals surface area contributed by atoms with Crippen LogP contribution < -0.4 is 10.5 Å². The van der Waals surface area contributed by atoms with Crippen molar-refractivity contribution in [1.29, 1.82) is 0 Å². The average Bonchev–Trinajstić information content (AvgIpc) is 2.64. The highest BCUT2D eigenvalue weighted by molar-refractivity contribution is 5.99. The molecular formula is C11H12N2O2. The quantitative estimate of drug-likeness (QED) is 0.721. The number of carbonyl (C=O) groups excluding carboxylic acids is 1. The van der Waals surface area contributed by atoms with Gasteiger partial charge in [0, 0.05) is 35.8 Å². The Kier molecular flexibility index (Phi) is 2.11. The van der Waals surface area contributed by atoms with Crippen LogP contribution in [0.5, 0.6) is 5.75 Å². The fourth-order valence-corrected chi connectivity index (χ4v) is 1.59. The number of benzene rings is 1. The third-order valence-electron chi connectivity index (χ3n) is 2.40. The van der Waals surface area contributed by atoms with Crippen LogP contribution in [0.1, 0.15) is 11.7 Å². The van der Waals surface area contributed by atoms with Crippen LogP contribution in [0.2, 0.25) is 0 Å². The van der Waals surface area contributed by atoms with E-state index in [1.807, 2.05) is 0 Å². The van der Waals surface area contributed by atoms with Crippen LogP contribution in [0.25, 0.3) is 10.8 Å². The molecule has 0 unspecified atom stereocenters. The predicted molar refractivity (Wildman–Crippen MR) is 59.2 cm³/mol. The van der Waals surface area contributed by atoms with E-state index in [2.05, 4.69) is 0 Å². The van der Waals surface area contributed by atoms with E-state index in [-0.39, 0.29) is 5.91 Å². The van der Waals surface area contributed by atoms with E-state index in [0.29, 0.717) is 5.69 Å². The molecule has 2 aromatic rings. The third kappa shape index (κ3) is 1.44. The van der Waals surface area contributed by atoms with E-state index in [1.165, 1.54) is 11.5 Å². The van der Waals surface area contributed by atoms with E-state index in [4.69, 9.17) is 10.5 Å². The lowest BCUT2D eigenvalue weighted by molar-refractivity contribution is 0.0937.